The van der Waals surface area contributed by atoms with Gasteiger partial charge in [0.05, 0.1) is 16.9 Å². The molecule has 0 bridgehead atoms. The molecular weight excluding hydrogens is 296 g/mol. The summed E-state index contributed by atoms with van der Waals surface area (Å²) in [5.41, 5.74) is 11.5. The van der Waals surface area contributed by atoms with Crippen LogP contribution < -0.4 is 5.73 Å². The maximum absolute atomic E-state index is 6.42. The lowest BCUT2D eigenvalue weighted by atomic mass is 9.86. The Kier molecular flexibility index (Phi) is 4.20. The van der Waals surface area contributed by atoms with Crippen LogP contribution in [0.3, 0.4) is 0 Å². The number of hydrogen-bond donors (Lipinski definition) is 1. The van der Waals surface area contributed by atoms with E-state index in [0.29, 0.717) is 5.92 Å². The molecule has 0 amide bonds. The molecule has 3 aromatic heterocycles. The molecule has 24 heavy (non-hydrogen) atoms. The largest absolute Gasteiger partial charge is 0.398 e. The maximum atomic E-state index is 6.42. The number of anilines is 1. The first kappa shape index (κ1) is 15.2. The van der Waals surface area contributed by atoms with Gasteiger partial charge in [0.1, 0.15) is 0 Å². The van der Waals surface area contributed by atoms with Gasteiger partial charge in [0.15, 0.2) is 0 Å². The van der Waals surface area contributed by atoms with Gasteiger partial charge in [0, 0.05) is 18.1 Å². The number of nitrogen functional groups attached to an aromatic ring is 1. The van der Waals surface area contributed by atoms with E-state index in [4.69, 9.17) is 10.7 Å². The summed E-state index contributed by atoms with van der Waals surface area (Å²) in [6, 6.07) is 10.1. The second-order valence-electron chi connectivity index (χ2n) is 6.82. The van der Waals surface area contributed by atoms with E-state index in [1.54, 1.807) is 6.20 Å². The van der Waals surface area contributed by atoms with E-state index in [0.717, 1.165) is 22.6 Å². The summed E-state index contributed by atoms with van der Waals surface area (Å²) in [7, 11) is 0. The molecule has 4 heteroatoms. The van der Waals surface area contributed by atoms with E-state index in [9.17, 15) is 0 Å². The molecule has 0 aliphatic heterocycles. The molecule has 124 valence electrons. The molecule has 2 N–H and O–H groups in total. The van der Waals surface area contributed by atoms with Crippen molar-refractivity contribution in [1.82, 2.24) is 14.6 Å². The van der Waals surface area contributed by atoms with Crippen molar-refractivity contribution in [1.29, 1.82) is 0 Å². The highest BCUT2D eigenvalue weighted by Crippen LogP contribution is 2.35. The molecule has 0 unspecified atom stereocenters. The van der Waals surface area contributed by atoms with Crippen LogP contribution in [0.4, 0.5) is 5.69 Å². The number of nitrogens with zero attached hydrogens (tertiary/aromatic N) is 3. The minimum Gasteiger partial charge on any atom is -0.398 e. The Morgan fingerprint density at radius 3 is 2.58 bits per heavy atom. The normalized spacial score (nSPS) is 16.8. The van der Waals surface area contributed by atoms with Gasteiger partial charge in [0.2, 0.25) is 0 Å². The molecule has 4 nitrogen and oxygen atoms in total. The quantitative estimate of drug-likeness (QED) is 0.737. The van der Waals surface area contributed by atoms with Crippen molar-refractivity contribution >= 4 is 11.2 Å². The molecule has 0 spiro atoms. The number of fused-ring (bicyclic) bond motifs is 1. The summed E-state index contributed by atoms with van der Waals surface area (Å²) in [6.07, 6.45) is 13.0. The molecule has 1 aliphatic carbocycles. The molecular formula is C20H24N4. The predicted octanol–water partition coefficient (Wildman–Crippen LogP) is 4.81. The summed E-state index contributed by atoms with van der Waals surface area (Å²) < 4.78 is 1.91. The molecule has 1 fully saturated rings. The Labute approximate surface area is 142 Å². The fourth-order valence-corrected chi connectivity index (χ4v) is 3.87. The maximum Gasteiger partial charge on any atom is 0.0910 e. The van der Waals surface area contributed by atoms with E-state index in [1.807, 2.05) is 28.9 Å². The molecule has 3 heterocycles. The predicted molar refractivity (Wildman–Crippen MR) is 97.9 cm³/mol. The lowest BCUT2D eigenvalue weighted by molar-refractivity contribution is 0.456. The molecule has 0 saturated heterocycles. The number of rotatable bonds is 2. The molecule has 3 aromatic rings. The van der Waals surface area contributed by atoms with Crippen LogP contribution in [0.5, 0.6) is 0 Å². The van der Waals surface area contributed by atoms with Gasteiger partial charge < -0.3 is 5.73 Å². The van der Waals surface area contributed by atoms with Gasteiger partial charge in [-0.1, -0.05) is 32.1 Å². The van der Waals surface area contributed by atoms with E-state index in [1.165, 1.54) is 50.5 Å². The molecule has 1 saturated carbocycles. The highest BCUT2D eigenvalue weighted by atomic mass is 15.2. The van der Waals surface area contributed by atoms with E-state index in [2.05, 4.69) is 17.2 Å². The summed E-state index contributed by atoms with van der Waals surface area (Å²) in [5, 5.41) is 4.42. The van der Waals surface area contributed by atoms with Crippen molar-refractivity contribution in [2.75, 3.05) is 5.73 Å². The fourth-order valence-electron chi connectivity index (χ4n) is 3.87. The molecule has 4 rings (SSSR count). The fraction of sp³-hybridized carbons (Fsp3) is 0.400. The zero-order valence-electron chi connectivity index (χ0n) is 14.0. The van der Waals surface area contributed by atoms with Crippen molar-refractivity contribution in [3.8, 4) is 11.4 Å². The SMILES string of the molecule is Nc1cc(-c2ccc3cccnn23)ncc1C1CCCCCCC1. The number of nitrogens with two attached hydrogens (primary N) is 1. The average molecular weight is 320 g/mol. The van der Waals surface area contributed by atoms with Crippen LogP contribution in [0, 0.1) is 0 Å². The highest BCUT2D eigenvalue weighted by molar-refractivity contribution is 5.67. The summed E-state index contributed by atoms with van der Waals surface area (Å²) >= 11 is 0. The van der Waals surface area contributed by atoms with E-state index < -0.39 is 0 Å². The summed E-state index contributed by atoms with van der Waals surface area (Å²) in [5.74, 6) is 0.564. The van der Waals surface area contributed by atoms with Crippen LogP contribution in [-0.4, -0.2) is 14.6 Å². The van der Waals surface area contributed by atoms with Gasteiger partial charge in [-0.25, -0.2) is 4.52 Å². The van der Waals surface area contributed by atoms with Crippen LogP contribution in [0.1, 0.15) is 56.4 Å². The van der Waals surface area contributed by atoms with Crippen molar-refractivity contribution in [2.45, 2.75) is 50.9 Å². The second kappa shape index (κ2) is 6.63. The lowest BCUT2D eigenvalue weighted by Crippen LogP contribution is -2.07. The van der Waals surface area contributed by atoms with Crippen LogP contribution in [0.15, 0.2) is 42.7 Å². The number of aromatic nitrogens is 3. The Bertz CT molecular complexity index is 829. The van der Waals surface area contributed by atoms with Gasteiger partial charge in [-0.3, -0.25) is 4.98 Å². The molecule has 1 aliphatic rings. The van der Waals surface area contributed by atoms with Crippen LogP contribution in [0.25, 0.3) is 16.9 Å². The number of hydrogen-bond acceptors (Lipinski definition) is 3. The van der Waals surface area contributed by atoms with Crippen molar-refractivity contribution in [3.63, 3.8) is 0 Å². The van der Waals surface area contributed by atoms with Crippen LogP contribution in [0.2, 0.25) is 0 Å². The summed E-state index contributed by atoms with van der Waals surface area (Å²) in [6.45, 7) is 0. The Balaban J connectivity index is 1.66. The van der Waals surface area contributed by atoms with Gasteiger partial charge in [-0.05, 0) is 54.7 Å². The van der Waals surface area contributed by atoms with E-state index >= 15 is 0 Å². The Morgan fingerprint density at radius 1 is 1.00 bits per heavy atom. The van der Waals surface area contributed by atoms with Gasteiger partial charge >= 0.3 is 0 Å². The minimum atomic E-state index is 0.564. The smallest absolute Gasteiger partial charge is 0.0910 e. The van der Waals surface area contributed by atoms with Gasteiger partial charge in [-0.15, -0.1) is 0 Å². The molecule has 0 radical (unpaired) electrons. The monoisotopic (exact) mass is 320 g/mol. The third-order valence-corrected chi connectivity index (χ3v) is 5.20. The van der Waals surface area contributed by atoms with Crippen LogP contribution >= 0.6 is 0 Å². The lowest BCUT2D eigenvalue weighted by Gasteiger charge is -2.21. The topological polar surface area (TPSA) is 56.2 Å². The van der Waals surface area contributed by atoms with Crippen molar-refractivity contribution < 1.29 is 0 Å². The third kappa shape index (κ3) is 2.88. The van der Waals surface area contributed by atoms with Crippen molar-refractivity contribution in [2.24, 2.45) is 0 Å². The first-order valence-electron chi connectivity index (χ1n) is 9.01. The first-order chi connectivity index (χ1) is 11.8. The van der Waals surface area contributed by atoms with E-state index in [-0.39, 0.29) is 0 Å². The molecule has 0 aromatic carbocycles. The number of pyridine rings is 1. The summed E-state index contributed by atoms with van der Waals surface area (Å²) in [4.78, 5) is 4.72. The highest BCUT2D eigenvalue weighted by Gasteiger charge is 2.17. The standard InChI is InChI=1S/C20H24N4/c21-18-13-19(20-11-10-16-9-6-12-23-24(16)20)22-14-17(18)15-7-4-2-1-3-5-8-15/h6,9-15H,1-5,7-8H2,(H2,21,22). The van der Waals surface area contributed by atoms with Crippen LogP contribution in [-0.2, 0) is 0 Å². The average Bonchev–Trinajstić information content (AvgIpc) is 2.99. The second-order valence-corrected chi connectivity index (χ2v) is 6.82. The minimum absolute atomic E-state index is 0.564. The third-order valence-electron chi connectivity index (χ3n) is 5.20. The zero-order valence-corrected chi connectivity index (χ0v) is 14.0. The van der Waals surface area contributed by atoms with Gasteiger partial charge in [0.25, 0.3) is 0 Å². The first-order valence-corrected chi connectivity index (χ1v) is 9.01. The van der Waals surface area contributed by atoms with Crippen molar-refractivity contribution in [3.05, 3.63) is 48.3 Å². The zero-order chi connectivity index (χ0) is 16.4. The van der Waals surface area contributed by atoms with Gasteiger partial charge in [-0.2, -0.15) is 5.10 Å². The Morgan fingerprint density at radius 2 is 1.79 bits per heavy atom. The molecule has 0 atom stereocenters. The Hall–Kier alpha value is -2.36.